The number of pyridine rings is 1. The van der Waals surface area contributed by atoms with Crippen LogP contribution in [0.15, 0.2) is 72.6 Å². The van der Waals surface area contributed by atoms with Crippen LogP contribution in [-0.2, 0) is 24.9 Å². The van der Waals surface area contributed by atoms with E-state index >= 15 is 0 Å². The average molecular weight is 597 g/mol. The van der Waals surface area contributed by atoms with Gasteiger partial charge < -0.3 is 9.84 Å². The topological polar surface area (TPSA) is 59.4 Å². The molecule has 0 aliphatic heterocycles. The molecule has 0 atom stereocenters. The molecule has 1 heterocycles. The van der Waals surface area contributed by atoms with Crippen LogP contribution in [0.25, 0.3) is 10.8 Å². The number of aliphatic hydroxyl groups is 1. The first-order chi connectivity index (χ1) is 14.0. The van der Waals surface area contributed by atoms with E-state index in [-0.39, 0.29) is 37.1 Å². The predicted octanol–water partition coefficient (Wildman–Crippen LogP) is 6.91. The minimum absolute atomic E-state index is 0. The van der Waals surface area contributed by atoms with Gasteiger partial charge in [-0.3, -0.25) is 4.79 Å². The molecule has 0 aliphatic carbocycles. The van der Waals surface area contributed by atoms with Gasteiger partial charge in [0.1, 0.15) is 5.76 Å². The number of hydrogen-bond acceptors (Lipinski definition) is 4. The zero-order chi connectivity index (χ0) is 22.4. The number of fused-ring (bicyclic) bond motifs is 1. The number of ketones is 1. The third kappa shape index (κ3) is 8.28. The first-order valence-corrected chi connectivity index (χ1v) is 9.92. The van der Waals surface area contributed by atoms with E-state index in [4.69, 9.17) is 4.74 Å². The van der Waals surface area contributed by atoms with Crippen molar-refractivity contribution in [3.05, 3.63) is 78.7 Å². The summed E-state index contributed by atoms with van der Waals surface area (Å²) in [6.45, 7) is 11.1. The number of para-hydroxylation sites is 1. The number of nitrogens with zero attached hydrogens (tertiary/aromatic N) is 1. The van der Waals surface area contributed by atoms with Crippen molar-refractivity contribution in [3.63, 3.8) is 0 Å². The van der Waals surface area contributed by atoms with Crippen LogP contribution < -0.4 is 4.74 Å². The number of hydrogen-bond donors (Lipinski definition) is 1. The van der Waals surface area contributed by atoms with Crippen molar-refractivity contribution in [2.45, 2.75) is 41.5 Å². The summed E-state index contributed by atoms with van der Waals surface area (Å²) in [6, 6.07) is 20.5. The maximum Gasteiger partial charge on any atom is 0.224 e. The Labute approximate surface area is 198 Å². The maximum absolute atomic E-state index is 11.5. The van der Waals surface area contributed by atoms with Gasteiger partial charge in [0.25, 0.3) is 0 Å². The zero-order valence-corrected chi connectivity index (χ0v) is 21.3. The van der Waals surface area contributed by atoms with Crippen LogP contribution in [0.4, 0.5) is 0 Å². The average Bonchev–Trinajstić information content (AvgIpc) is 2.68. The fraction of sp³-hybridized carbons (Fsp3) is 0.308. The summed E-state index contributed by atoms with van der Waals surface area (Å²) < 4.78 is 5.72. The predicted molar refractivity (Wildman–Crippen MR) is 122 cm³/mol. The van der Waals surface area contributed by atoms with E-state index in [1.807, 2.05) is 96.1 Å². The van der Waals surface area contributed by atoms with Crippen molar-refractivity contribution < 1.29 is 34.7 Å². The third-order valence-electron chi connectivity index (χ3n) is 4.30. The van der Waals surface area contributed by atoms with E-state index in [0.29, 0.717) is 11.6 Å². The Bertz CT molecular complexity index is 1010. The van der Waals surface area contributed by atoms with Gasteiger partial charge in [-0.2, -0.15) is 18.2 Å². The van der Waals surface area contributed by atoms with Crippen molar-refractivity contribution in [2.75, 3.05) is 0 Å². The monoisotopic (exact) mass is 597 g/mol. The Morgan fingerprint density at radius 2 is 1.61 bits per heavy atom. The van der Waals surface area contributed by atoms with E-state index < -0.39 is 5.41 Å². The van der Waals surface area contributed by atoms with Crippen molar-refractivity contribution >= 4 is 16.6 Å². The molecular formula is C26H30IrNO3-. The van der Waals surface area contributed by atoms with Gasteiger partial charge in [0.05, 0.1) is 0 Å². The van der Waals surface area contributed by atoms with Gasteiger partial charge in [-0.25, -0.2) is 4.98 Å². The maximum atomic E-state index is 11.5. The molecule has 0 fully saturated rings. The fourth-order valence-electron chi connectivity index (χ4n) is 2.27. The van der Waals surface area contributed by atoms with Gasteiger partial charge >= 0.3 is 0 Å². The molecule has 5 heteroatoms. The number of allylic oxidation sites excluding steroid dienone is 2. The van der Waals surface area contributed by atoms with Crippen molar-refractivity contribution in [3.8, 4) is 11.6 Å². The quantitative estimate of drug-likeness (QED) is 0.203. The second-order valence-corrected chi connectivity index (χ2v) is 9.06. The minimum atomic E-state index is -0.417. The molecule has 3 rings (SSSR count). The summed E-state index contributed by atoms with van der Waals surface area (Å²) in [7, 11) is 0. The van der Waals surface area contributed by atoms with Crippen LogP contribution in [0.5, 0.6) is 11.6 Å². The molecule has 0 saturated carbocycles. The summed E-state index contributed by atoms with van der Waals surface area (Å²) in [5, 5.41) is 11.7. The minimum Gasteiger partial charge on any atom is -0.512 e. The van der Waals surface area contributed by atoms with Gasteiger partial charge in [-0.1, -0.05) is 59.7 Å². The summed E-state index contributed by atoms with van der Waals surface area (Å²) in [5.74, 6) is 1.40. The number of benzene rings is 2. The number of ether oxygens (including phenoxy) is 1. The van der Waals surface area contributed by atoms with Gasteiger partial charge in [0.2, 0.25) is 5.88 Å². The van der Waals surface area contributed by atoms with Crippen molar-refractivity contribution in [1.82, 2.24) is 4.98 Å². The summed E-state index contributed by atoms with van der Waals surface area (Å²) in [6.07, 6.45) is 3.08. The number of carbonyl (C=O) groups excluding carboxylic acids is 1. The normalized spacial score (nSPS) is 11.7. The number of aromatic nitrogens is 1. The number of carbonyl (C=O) groups is 1. The fourth-order valence-corrected chi connectivity index (χ4v) is 2.27. The smallest absolute Gasteiger partial charge is 0.224 e. The summed E-state index contributed by atoms with van der Waals surface area (Å²) >= 11 is 0. The molecule has 0 unspecified atom stereocenters. The largest absolute Gasteiger partial charge is 0.512 e. The molecule has 3 aromatic rings. The van der Waals surface area contributed by atoms with Gasteiger partial charge in [0.15, 0.2) is 5.78 Å². The van der Waals surface area contributed by atoms with E-state index in [0.717, 1.165) is 10.8 Å². The third-order valence-corrected chi connectivity index (χ3v) is 4.30. The number of rotatable bonds is 3. The molecule has 0 amide bonds. The van der Waals surface area contributed by atoms with Gasteiger partial charge in [-0.15, -0.1) is 12.1 Å². The van der Waals surface area contributed by atoms with E-state index in [9.17, 15) is 9.90 Å². The molecule has 0 aliphatic rings. The van der Waals surface area contributed by atoms with Crippen LogP contribution >= 0.6 is 0 Å². The molecule has 2 aromatic carbocycles. The molecule has 1 aromatic heterocycles. The van der Waals surface area contributed by atoms with Gasteiger partial charge in [-0.05, 0) is 17.5 Å². The molecule has 167 valence electrons. The van der Waals surface area contributed by atoms with Crippen LogP contribution in [-0.4, -0.2) is 15.9 Å². The molecule has 1 N–H and O–H groups in total. The van der Waals surface area contributed by atoms with Crippen LogP contribution in [0.3, 0.4) is 0 Å². The van der Waals surface area contributed by atoms with E-state index in [1.54, 1.807) is 6.20 Å². The number of aliphatic hydroxyl groups excluding tert-OH is 1. The van der Waals surface area contributed by atoms with Crippen molar-refractivity contribution in [2.24, 2.45) is 10.8 Å². The second-order valence-electron chi connectivity index (χ2n) is 9.06. The Hall–Kier alpha value is -2.49. The van der Waals surface area contributed by atoms with Gasteiger partial charge in [0, 0.05) is 54.3 Å². The standard InChI is InChI=1S/C15H10NO.C11H20O2.Ir/c1-2-7-13(8-3-1)17-15-14-9-5-4-6-12(14)10-11-16-15;1-10(2,3)8(12)7-9(13)11(4,5)6;/h1-7,9-11H;7,12H,1-6H3;/q-1;;/b;8-7-;. The first kappa shape index (κ1) is 26.5. The first-order valence-electron chi connectivity index (χ1n) is 9.92. The second kappa shape index (κ2) is 11.2. The summed E-state index contributed by atoms with van der Waals surface area (Å²) in [5.41, 5.74) is -0.764. The SMILES string of the molecule is CC(C)(C)C(=O)/C=C(\O)C(C)(C)C.[Ir].[c-]1ccccc1Oc1nccc2ccccc12. The Morgan fingerprint density at radius 3 is 2.19 bits per heavy atom. The van der Waals surface area contributed by atoms with Crippen LogP contribution in [0.1, 0.15) is 41.5 Å². The molecule has 0 bridgehead atoms. The summed E-state index contributed by atoms with van der Waals surface area (Å²) in [4.78, 5) is 15.7. The molecule has 1 radical (unpaired) electrons. The Balaban J connectivity index is 0.000000314. The zero-order valence-electron chi connectivity index (χ0n) is 18.9. The molecule has 0 saturated heterocycles. The van der Waals surface area contributed by atoms with Crippen molar-refractivity contribution in [1.29, 1.82) is 0 Å². The molecular weight excluding hydrogens is 567 g/mol. The molecule has 31 heavy (non-hydrogen) atoms. The Kier molecular flexibility index (Phi) is 9.61. The van der Waals surface area contributed by atoms with Crippen LogP contribution in [0, 0.1) is 16.9 Å². The van der Waals surface area contributed by atoms with E-state index in [1.165, 1.54) is 6.08 Å². The van der Waals surface area contributed by atoms with E-state index in [2.05, 4.69) is 11.1 Å². The molecule has 0 spiro atoms. The molecule has 4 nitrogen and oxygen atoms in total. The Morgan fingerprint density at radius 1 is 0.968 bits per heavy atom. The van der Waals surface area contributed by atoms with Crippen LogP contribution in [0.2, 0.25) is 0 Å².